The Morgan fingerprint density at radius 3 is 3.11 bits per heavy atom. The van der Waals surface area contributed by atoms with Crippen LogP contribution in [0.5, 0.6) is 0 Å². The Labute approximate surface area is 112 Å². The van der Waals surface area contributed by atoms with Crippen LogP contribution >= 0.6 is 0 Å². The van der Waals surface area contributed by atoms with Crippen LogP contribution < -0.4 is 5.32 Å². The van der Waals surface area contributed by atoms with E-state index in [-0.39, 0.29) is 18.6 Å². The number of carbonyl (C=O) groups excluding carboxylic acids is 1. The Morgan fingerprint density at radius 1 is 1.42 bits per heavy atom. The van der Waals surface area contributed by atoms with Gasteiger partial charge < -0.3 is 15.3 Å². The zero-order chi connectivity index (χ0) is 13.2. The van der Waals surface area contributed by atoms with Gasteiger partial charge in [0.2, 0.25) is 0 Å². The minimum atomic E-state index is 0.0199. The first-order chi connectivity index (χ1) is 9.31. The lowest BCUT2D eigenvalue weighted by Gasteiger charge is -2.22. The average molecular weight is 259 g/mol. The van der Waals surface area contributed by atoms with E-state index in [9.17, 15) is 4.79 Å². The zero-order valence-corrected chi connectivity index (χ0v) is 10.7. The second kappa shape index (κ2) is 5.01. The molecule has 5 nitrogen and oxygen atoms in total. The summed E-state index contributed by atoms with van der Waals surface area (Å²) in [4.78, 5) is 18.8. The van der Waals surface area contributed by atoms with Gasteiger partial charge in [0.25, 0.3) is 5.91 Å². The summed E-state index contributed by atoms with van der Waals surface area (Å²) in [5, 5.41) is 12.2. The van der Waals surface area contributed by atoms with Gasteiger partial charge in [-0.1, -0.05) is 12.1 Å². The number of anilines is 1. The minimum Gasteiger partial charge on any atom is -0.394 e. The van der Waals surface area contributed by atoms with Crippen molar-refractivity contribution in [2.45, 2.75) is 18.9 Å². The van der Waals surface area contributed by atoms with E-state index in [2.05, 4.69) is 10.3 Å². The summed E-state index contributed by atoms with van der Waals surface area (Å²) >= 11 is 0. The maximum atomic E-state index is 12.5. The van der Waals surface area contributed by atoms with Crippen molar-refractivity contribution in [1.82, 2.24) is 4.90 Å². The van der Waals surface area contributed by atoms with Gasteiger partial charge in [-0.25, -0.2) is 0 Å². The lowest BCUT2D eigenvalue weighted by Crippen LogP contribution is -2.40. The van der Waals surface area contributed by atoms with Crippen LogP contribution in [0.1, 0.15) is 23.2 Å². The molecule has 1 amide bonds. The number of benzene rings is 1. The predicted octanol–water partition coefficient (Wildman–Crippen LogP) is 1.11. The van der Waals surface area contributed by atoms with Crippen molar-refractivity contribution in [1.29, 1.82) is 0 Å². The summed E-state index contributed by atoms with van der Waals surface area (Å²) in [5.74, 6) is 0.865. The van der Waals surface area contributed by atoms with Crippen molar-refractivity contribution >= 4 is 17.4 Å². The van der Waals surface area contributed by atoms with Crippen LogP contribution in [-0.4, -0.2) is 47.5 Å². The van der Waals surface area contributed by atoms with E-state index in [1.807, 2.05) is 29.2 Å². The molecule has 1 aromatic carbocycles. The molecule has 2 heterocycles. The normalized spacial score (nSPS) is 23.8. The molecule has 2 aliphatic heterocycles. The third kappa shape index (κ3) is 2.10. The summed E-state index contributed by atoms with van der Waals surface area (Å²) in [6.07, 6.45) is 1.93. The first-order valence-corrected chi connectivity index (χ1v) is 6.63. The number of aliphatic imine (C=N–C) groups is 1. The van der Waals surface area contributed by atoms with Crippen LogP contribution in [-0.2, 0) is 0 Å². The SMILES string of the molecule is O=C1c2ccccc2NC(=NCCO)[C@@H]2CCCN12. The summed E-state index contributed by atoms with van der Waals surface area (Å²) in [7, 11) is 0. The highest BCUT2D eigenvalue weighted by Crippen LogP contribution is 2.28. The molecule has 19 heavy (non-hydrogen) atoms. The van der Waals surface area contributed by atoms with Gasteiger partial charge in [-0.3, -0.25) is 9.79 Å². The molecule has 0 aliphatic carbocycles. The van der Waals surface area contributed by atoms with Crippen molar-refractivity contribution < 1.29 is 9.90 Å². The number of amidine groups is 1. The van der Waals surface area contributed by atoms with E-state index in [1.165, 1.54) is 0 Å². The molecule has 100 valence electrons. The third-order valence-corrected chi connectivity index (χ3v) is 3.63. The molecule has 0 radical (unpaired) electrons. The summed E-state index contributed by atoms with van der Waals surface area (Å²) in [6.45, 7) is 1.16. The van der Waals surface area contributed by atoms with E-state index in [4.69, 9.17) is 5.11 Å². The number of fused-ring (bicyclic) bond motifs is 2. The summed E-state index contributed by atoms with van der Waals surface area (Å²) in [6, 6.07) is 7.53. The Balaban J connectivity index is 2.04. The molecule has 0 saturated carbocycles. The standard InChI is InChI=1S/C14H17N3O2/c18-9-7-15-13-12-6-3-8-17(12)14(19)10-4-1-2-5-11(10)16-13/h1-2,4-5,12,18H,3,6-9H2,(H,15,16)/t12-/m0/s1. The molecular weight excluding hydrogens is 242 g/mol. The number of aliphatic hydroxyl groups is 1. The molecule has 2 N–H and O–H groups in total. The van der Waals surface area contributed by atoms with Crippen LogP contribution in [0.3, 0.4) is 0 Å². The molecule has 1 fully saturated rings. The molecule has 0 aromatic heterocycles. The van der Waals surface area contributed by atoms with Gasteiger partial charge in [-0.05, 0) is 25.0 Å². The fraction of sp³-hybridized carbons (Fsp3) is 0.429. The fourth-order valence-corrected chi connectivity index (χ4v) is 2.76. The number of amides is 1. The number of nitrogens with zero attached hydrogens (tertiary/aromatic N) is 2. The van der Waals surface area contributed by atoms with Gasteiger partial charge in [-0.2, -0.15) is 0 Å². The van der Waals surface area contributed by atoms with E-state index in [0.717, 1.165) is 30.9 Å². The van der Waals surface area contributed by atoms with Gasteiger partial charge in [0.05, 0.1) is 30.4 Å². The molecule has 0 bridgehead atoms. The van der Waals surface area contributed by atoms with Crippen molar-refractivity contribution in [2.75, 3.05) is 25.0 Å². The summed E-state index contributed by atoms with van der Waals surface area (Å²) < 4.78 is 0. The van der Waals surface area contributed by atoms with E-state index in [0.29, 0.717) is 12.1 Å². The molecule has 1 saturated heterocycles. The Bertz CT molecular complexity index is 527. The van der Waals surface area contributed by atoms with Gasteiger partial charge in [0.15, 0.2) is 0 Å². The monoisotopic (exact) mass is 259 g/mol. The zero-order valence-electron chi connectivity index (χ0n) is 10.7. The lowest BCUT2D eigenvalue weighted by molar-refractivity contribution is 0.0773. The highest BCUT2D eigenvalue weighted by molar-refractivity contribution is 6.11. The number of hydrogen-bond donors (Lipinski definition) is 2. The predicted molar refractivity (Wildman–Crippen MR) is 73.5 cm³/mol. The van der Waals surface area contributed by atoms with Crippen LogP contribution in [0.2, 0.25) is 0 Å². The van der Waals surface area contributed by atoms with Crippen LogP contribution in [0.15, 0.2) is 29.3 Å². The van der Waals surface area contributed by atoms with Gasteiger partial charge in [-0.15, -0.1) is 0 Å². The maximum absolute atomic E-state index is 12.5. The van der Waals surface area contributed by atoms with Crippen molar-refractivity contribution in [2.24, 2.45) is 4.99 Å². The largest absolute Gasteiger partial charge is 0.394 e. The number of carbonyl (C=O) groups is 1. The smallest absolute Gasteiger partial charge is 0.256 e. The second-order valence-corrected chi connectivity index (χ2v) is 4.82. The molecule has 0 spiro atoms. The first kappa shape index (κ1) is 12.2. The van der Waals surface area contributed by atoms with Crippen LogP contribution in [0.4, 0.5) is 5.69 Å². The van der Waals surface area contributed by atoms with Gasteiger partial charge in [0, 0.05) is 6.54 Å². The second-order valence-electron chi connectivity index (χ2n) is 4.82. The van der Waals surface area contributed by atoms with E-state index >= 15 is 0 Å². The molecule has 3 rings (SSSR count). The molecule has 1 aromatic rings. The van der Waals surface area contributed by atoms with Gasteiger partial charge >= 0.3 is 0 Å². The summed E-state index contributed by atoms with van der Waals surface area (Å²) in [5.41, 5.74) is 1.50. The average Bonchev–Trinajstić information content (AvgIpc) is 2.88. The highest BCUT2D eigenvalue weighted by Gasteiger charge is 2.36. The van der Waals surface area contributed by atoms with Gasteiger partial charge in [0.1, 0.15) is 5.84 Å². The van der Waals surface area contributed by atoms with Crippen molar-refractivity contribution in [3.05, 3.63) is 29.8 Å². The number of hydrogen-bond acceptors (Lipinski definition) is 3. The fourth-order valence-electron chi connectivity index (χ4n) is 2.76. The van der Waals surface area contributed by atoms with E-state index < -0.39 is 0 Å². The molecule has 0 unspecified atom stereocenters. The molecule has 2 aliphatic rings. The topological polar surface area (TPSA) is 64.9 Å². The van der Waals surface area contributed by atoms with Crippen LogP contribution in [0.25, 0.3) is 0 Å². The Hall–Kier alpha value is -1.88. The van der Waals surface area contributed by atoms with Crippen LogP contribution in [0, 0.1) is 0 Å². The lowest BCUT2D eigenvalue weighted by atomic mass is 10.1. The van der Waals surface area contributed by atoms with Crippen molar-refractivity contribution in [3.8, 4) is 0 Å². The molecule has 5 heteroatoms. The molecule has 1 atom stereocenters. The first-order valence-electron chi connectivity index (χ1n) is 6.63. The Kier molecular flexibility index (Phi) is 3.21. The quantitative estimate of drug-likeness (QED) is 0.836. The number of aliphatic hydroxyl groups excluding tert-OH is 1. The highest BCUT2D eigenvalue weighted by atomic mass is 16.3. The maximum Gasteiger partial charge on any atom is 0.256 e. The third-order valence-electron chi connectivity index (χ3n) is 3.63. The minimum absolute atomic E-state index is 0.0199. The molecular formula is C14H17N3O2. The number of para-hydroxylation sites is 1. The number of rotatable bonds is 2. The Morgan fingerprint density at radius 2 is 2.26 bits per heavy atom. The van der Waals surface area contributed by atoms with Crippen molar-refractivity contribution in [3.63, 3.8) is 0 Å². The van der Waals surface area contributed by atoms with E-state index in [1.54, 1.807) is 0 Å². The number of nitrogens with one attached hydrogen (secondary N) is 1.